The number of fused-ring (bicyclic) bond motifs is 5. The molecule has 1 amide bonds. The topological polar surface area (TPSA) is 101 Å². The van der Waals surface area contributed by atoms with Crippen molar-refractivity contribution in [3.05, 3.63) is 64.1 Å². The number of anilines is 1. The Kier molecular flexibility index (Phi) is 4.78. The average molecular weight is 400 g/mol. The molecular formula is C23H24N6O. The van der Waals surface area contributed by atoms with Gasteiger partial charge in [0.15, 0.2) is 0 Å². The number of carbonyl (C=O) groups excluding carboxylic acids is 1. The summed E-state index contributed by atoms with van der Waals surface area (Å²) in [6, 6.07) is 10.2. The number of carbonyl (C=O) groups is 1. The van der Waals surface area contributed by atoms with Crippen LogP contribution in [-0.4, -0.2) is 32.6 Å². The van der Waals surface area contributed by atoms with Crippen LogP contribution in [0.3, 0.4) is 0 Å². The lowest BCUT2D eigenvalue weighted by molar-refractivity contribution is 0.0782. The summed E-state index contributed by atoms with van der Waals surface area (Å²) in [5, 5.41) is 14.3. The summed E-state index contributed by atoms with van der Waals surface area (Å²) in [5.74, 6) is 0.464. The van der Waals surface area contributed by atoms with E-state index in [-0.39, 0.29) is 18.4 Å². The molecule has 4 rings (SSSR count). The van der Waals surface area contributed by atoms with Crippen LogP contribution in [0.1, 0.15) is 51.3 Å². The van der Waals surface area contributed by atoms with Crippen LogP contribution in [0.2, 0.25) is 0 Å². The Hall–Kier alpha value is -3.66. The van der Waals surface area contributed by atoms with E-state index in [0.29, 0.717) is 34.8 Å². The number of nitriles is 1. The fourth-order valence-electron chi connectivity index (χ4n) is 4.17. The van der Waals surface area contributed by atoms with Gasteiger partial charge in [0.05, 0.1) is 12.2 Å². The number of benzene rings is 1. The van der Waals surface area contributed by atoms with E-state index in [0.717, 1.165) is 22.3 Å². The summed E-state index contributed by atoms with van der Waals surface area (Å²) in [5.41, 5.74) is 12.5. The molecule has 7 heteroatoms. The Labute approximate surface area is 175 Å². The van der Waals surface area contributed by atoms with Crippen LogP contribution in [0.15, 0.2) is 30.5 Å². The first-order valence-electron chi connectivity index (χ1n) is 9.87. The van der Waals surface area contributed by atoms with Gasteiger partial charge in [-0.1, -0.05) is 24.6 Å². The highest BCUT2D eigenvalue weighted by Crippen LogP contribution is 2.33. The van der Waals surface area contributed by atoms with Crippen LogP contribution < -0.4 is 5.73 Å². The van der Waals surface area contributed by atoms with E-state index >= 15 is 0 Å². The zero-order valence-electron chi connectivity index (χ0n) is 17.6. The number of rotatable bonds is 0. The smallest absolute Gasteiger partial charge is 0.254 e. The Bertz CT molecular complexity index is 1200. The highest BCUT2D eigenvalue weighted by molar-refractivity contribution is 5.96. The monoisotopic (exact) mass is 400 g/mol. The number of hydrogen-bond acceptors (Lipinski definition) is 5. The summed E-state index contributed by atoms with van der Waals surface area (Å²) in [6.45, 7) is 4.40. The van der Waals surface area contributed by atoms with Gasteiger partial charge in [-0.15, -0.1) is 0 Å². The van der Waals surface area contributed by atoms with Gasteiger partial charge in [0.25, 0.3) is 5.91 Å². The van der Waals surface area contributed by atoms with Gasteiger partial charge >= 0.3 is 0 Å². The first kappa shape index (κ1) is 19.6. The first-order chi connectivity index (χ1) is 14.3. The fourth-order valence-corrected chi connectivity index (χ4v) is 4.17. The molecule has 152 valence electrons. The van der Waals surface area contributed by atoms with E-state index in [1.54, 1.807) is 29.9 Å². The number of pyridine rings is 1. The molecule has 1 aliphatic heterocycles. The van der Waals surface area contributed by atoms with Crippen molar-refractivity contribution >= 4 is 11.7 Å². The van der Waals surface area contributed by atoms with Crippen LogP contribution >= 0.6 is 0 Å². The molecule has 1 atom stereocenters. The van der Waals surface area contributed by atoms with Crippen molar-refractivity contribution in [2.45, 2.75) is 32.7 Å². The third-order valence-electron chi connectivity index (χ3n) is 5.74. The van der Waals surface area contributed by atoms with Crippen molar-refractivity contribution in [3.63, 3.8) is 0 Å². The molecule has 1 aromatic carbocycles. The summed E-state index contributed by atoms with van der Waals surface area (Å²) < 4.78 is 1.55. The Morgan fingerprint density at radius 2 is 2.03 bits per heavy atom. The molecule has 0 aliphatic carbocycles. The molecule has 3 heterocycles. The summed E-state index contributed by atoms with van der Waals surface area (Å²) in [4.78, 5) is 19.4. The van der Waals surface area contributed by atoms with Crippen molar-refractivity contribution in [2.75, 3.05) is 12.8 Å². The third-order valence-corrected chi connectivity index (χ3v) is 5.74. The van der Waals surface area contributed by atoms with Gasteiger partial charge in [0.2, 0.25) is 0 Å². The molecule has 2 N–H and O–H groups in total. The van der Waals surface area contributed by atoms with E-state index in [4.69, 9.17) is 5.73 Å². The molecule has 0 saturated heterocycles. The van der Waals surface area contributed by atoms with E-state index < -0.39 is 0 Å². The van der Waals surface area contributed by atoms with Gasteiger partial charge in [-0.3, -0.25) is 9.48 Å². The maximum atomic E-state index is 13.3. The zero-order chi connectivity index (χ0) is 21.6. The molecule has 1 unspecified atom stereocenters. The largest absolute Gasteiger partial charge is 0.383 e. The van der Waals surface area contributed by atoms with Crippen molar-refractivity contribution in [2.24, 2.45) is 7.05 Å². The fraction of sp³-hybridized carbons (Fsp3) is 0.304. The van der Waals surface area contributed by atoms with E-state index in [9.17, 15) is 10.1 Å². The van der Waals surface area contributed by atoms with Crippen molar-refractivity contribution in [1.82, 2.24) is 19.7 Å². The van der Waals surface area contributed by atoms with Crippen molar-refractivity contribution in [1.29, 1.82) is 5.26 Å². The first-order valence-corrected chi connectivity index (χ1v) is 9.87. The van der Waals surface area contributed by atoms with Crippen LogP contribution in [0, 0.1) is 18.3 Å². The molecule has 0 fully saturated rings. The number of nitrogens with zero attached hydrogens (tertiary/aromatic N) is 5. The summed E-state index contributed by atoms with van der Waals surface area (Å²) >= 11 is 0. The van der Waals surface area contributed by atoms with Crippen LogP contribution in [0.4, 0.5) is 5.82 Å². The lowest BCUT2D eigenvalue weighted by Crippen LogP contribution is -2.28. The van der Waals surface area contributed by atoms with Crippen LogP contribution in [-0.2, 0) is 20.0 Å². The number of nitrogens with two attached hydrogens (primary N) is 1. The standard InChI is InChI=1S/C23H24N6O/c1-13-5-6-17-18(7-13)14(2)8-15-9-16(11-26-22(15)25)21-19(12-28(3)23(17)30)27-29(4)20(21)10-24/h5-7,9,11,14H,8,12H2,1-4H3,(H2,25,26). The molecule has 3 aromatic rings. The summed E-state index contributed by atoms with van der Waals surface area (Å²) in [6.07, 6.45) is 2.31. The van der Waals surface area contributed by atoms with Crippen molar-refractivity contribution < 1.29 is 4.79 Å². The van der Waals surface area contributed by atoms with Crippen molar-refractivity contribution in [3.8, 4) is 17.2 Å². The predicted octanol–water partition coefficient (Wildman–Crippen LogP) is 3.18. The van der Waals surface area contributed by atoms with Gasteiger partial charge in [-0.2, -0.15) is 10.4 Å². The maximum Gasteiger partial charge on any atom is 0.254 e. The number of aromatic nitrogens is 3. The molecule has 30 heavy (non-hydrogen) atoms. The summed E-state index contributed by atoms with van der Waals surface area (Å²) in [7, 11) is 3.50. The minimum atomic E-state index is -0.0673. The molecule has 2 bridgehead atoms. The minimum absolute atomic E-state index is 0.0673. The molecule has 0 radical (unpaired) electrons. The molecule has 7 nitrogen and oxygen atoms in total. The number of amides is 1. The van der Waals surface area contributed by atoms with Gasteiger partial charge in [-0.05, 0) is 42.5 Å². The van der Waals surface area contributed by atoms with Crippen LogP contribution in [0.5, 0.6) is 0 Å². The second kappa shape index (κ2) is 7.30. The Morgan fingerprint density at radius 1 is 1.27 bits per heavy atom. The highest BCUT2D eigenvalue weighted by Gasteiger charge is 2.26. The molecular weight excluding hydrogens is 376 g/mol. The highest BCUT2D eigenvalue weighted by atomic mass is 16.2. The Morgan fingerprint density at radius 3 is 2.77 bits per heavy atom. The average Bonchev–Trinajstić information content (AvgIpc) is 3.03. The predicted molar refractivity (Wildman–Crippen MR) is 115 cm³/mol. The van der Waals surface area contributed by atoms with Gasteiger partial charge in [-0.25, -0.2) is 4.98 Å². The number of hydrogen-bond donors (Lipinski definition) is 1. The second-order valence-electron chi connectivity index (χ2n) is 8.03. The molecule has 0 saturated carbocycles. The lowest BCUT2D eigenvalue weighted by atomic mass is 9.87. The second-order valence-corrected chi connectivity index (χ2v) is 8.03. The minimum Gasteiger partial charge on any atom is -0.383 e. The van der Waals surface area contributed by atoms with Gasteiger partial charge in [0, 0.05) is 37.0 Å². The zero-order valence-corrected chi connectivity index (χ0v) is 17.6. The lowest BCUT2D eigenvalue weighted by Gasteiger charge is -2.23. The maximum absolute atomic E-state index is 13.3. The Balaban J connectivity index is 1.98. The van der Waals surface area contributed by atoms with E-state index in [1.807, 2.05) is 25.1 Å². The molecule has 1 aliphatic rings. The van der Waals surface area contributed by atoms with Crippen LogP contribution in [0.25, 0.3) is 11.1 Å². The quantitative estimate of drug-likeness (QED) is 0.625. The molecule has 0 spiro atoms. The number of aryl methyl sites for hydroxylation is 2. The SMILES string of the molecule is Cc1ccc2c(c1)C(C)Cc1cc(cnc1N)-c1c(nn(C)c1C#N)CN(C)C2=O. The van der Waals surface area contributed by atoms with E-state index in [1.165, 1.54) is 0 Å². The van der Waals surface area contributed by atoms with E-state index in [2.05, 4.69) is 29.1 Å². The molecule has 2 aromatic heterocycles. The van der Waals surface area contributed by atoms with Gasteiger partial charge in [0.1, 0.15) is 17.6 Å². The number of nitrogen functional groups attached to an aromatic ring is 1. The third kappa shape index (κ3) is 3.20. The van der Waals surface area contributed by atoms with Gasteiger partial charge < -0.3 is 10.6 Å². The normalized spacial score (nSPS) is 16.2.